The predicted octanol–water partition coefficient (Wildman–Crippen LogP) is 1.78. The second kappa shape index (κ2) is 5.48. The lowest BCUT2D eigenvalue weighted by molar-refractivity contribution is -0.152. The Kier molecular flexibility index (Phi) is 3.68. The summed E-state index contributed by atoms with van der Waals surface area (Å²) in [5.41, 5.74) is 0.466. The van der Waals surface area contributed by atoms with Gasteiger partial charge in [-0.3, -0.25) is 9.69 Å². The molecule has 2 bridgehead atoms. The monoisotopic (exact) mass is 289 g/mol. The summed E-state index contributed by atoms with van der Waals surface area (Å²) in [6.07, 6.45) is 1.90. The molecular formula is C16H19NO4. The van der Waals surface area contributed by atoms with Crippen LogP contribution in [0.4, 0.5) is 0 Å². The fourth-order valence-corrected chi connectivity index (χ4v) is 3.65. The van der Waals surface area contributed by atoms with Gasteiger partial charge in [0.1, 0.15) is 12.0 Å². The highest BCUT2D eigenvalue weighted by atomic mass is 16.5. The average Bonchev–Trinajstić information content (AvgIpc) is 2.72. The maximum Gasteiger partial charge on any atom is 0.338 e. The van der Waals surface area contributed by atoms with Gasteiger partial charge in [-0.25, -0.2) is 4.79 Å². The molecule has 0 aromatic heterocycles. The number of carboxylic acids is 1. The van der Waals surface area contributed by atoms with Gasteiger partial charge >= 0.3 is 11.9 Å². The molecule has 0 radical (unpaired) electrons. The van der Waals surface area contributed by atoms with E-state index in [9.17, 15) is 14.7 Å². The molecule has 0 saturated carbocycles. The molecule has 21 heavy (non-hydrogen) atoms. The fraction of sp³-hybridized carbons (Fsp3) is 0.500. The molecule has 2 aliphatic rings. The molecule has 0 aliphatic carbocycles. The van der Waals surface area contributed by atoms with Gasteiger partial charge in [0.2, 0.25) is 0 Å². The first kappa shape index (κ1) is 14.1. The van der Waals surface area contributed by atoms with Crippen molar-refractivity contribution in [3.05, 3.63) is 35.9 Å². The van der Waals surface area contributed by atoms with Crippen molar-refractivity contribution in [2.24, 2.45) is 5.92 Å². The number of aliphatic carboxylic acids is 1. The number of carbonyl (C=O) groups excluding carboxylic acids is 1. The summed E-state index contributed by atoms with van der Waals surface area (Å²) in [6.45, 7) is 0. The van der Waals surface area contributed by atoms with Crippen molar-refractivity contribution in [1.29, 1.82) is 0 Å². The molecule has 1 N–H and O–H groups in total. The number of carboxylic acid groups (broad SMARTS) is 1. The number of esters is 1. The van der Waals surface area contributed by atoms with Gasteiger partial charge in [0, 0.05) is 18.5 Å². The minimum Gasteiger partial charge on any atom is -0.481 e. The molecule has 3 rings (SSSR count). The van der Waals surface area contributed by atoms with Crippen molar-refractivity contribution in [3.8, 4) is 0 Å². The molecule has 2 heterocycles. The zero-order valence-electron chi connectivity index (χ0n) is 11.9. The van der Waals surface area contributed by atoms with E-state index in [0.29, 0.717) is 18.0 Å². The third kappa shape index (κ3) is 2.53. The van der Waals surface area contributed by atoms with Gasteiger partial charge in [0.25, 0.3) is 0 Å². The Morgan fingerprint density at radius 2 is 1.95 bits per heavy atom. The number of nitrogens with zero attached hydrogens (tertiary/aromatic N) is 1. The molecule has 0 amide bonds. The molecule has 2 saturated heterocycles. The Balaban J connectivity index is 1.78. The summed E-state index contributed by atoms with van der Waals surface area (Å²) in [4.78, 5) is 25.9. The average molecular weight is 289 g/mol. The van der Waals surface area contributed by atoms with Crippen LogP contribution < -0.4 is 0 Å². The fourth-order valence-electron chi connectivity index (χ4n) is 3.65. The quantitative estimate of drug-likeness (QED) is 0.859. The molecule has 5 nitrogen and oxygen atoms in total. The number of rotatable bonds is 3. The van der Waals surface area contributed by atoms with Gasteiger partial charge in [-0.2, -0.15) is 0 Å². The van der Waals surface area contributed by atoms with Crippen LogP contribution in [0.25, 0.3) is 0 Å². The maximum atomic E-state index is 12.2. The van der Waals surface area contributed by atoms with Gasteiger partial charge in [0.05, 0.1) is 5.56 Å². The van der Waals surface area contributed by atoms with Crippen LogP contribution in [0.1, 0.15) is 29.6 Å². The Hall–Kier alpha value is -1.88. The number of hydrogen-bond donors (Lipinski definition) is 1. The number of ether oxygens (including phenoxy) is 1. The summed E-state index contributed by atoms with van der Waals surface area (Å²) in [6, 6.07) is 9.01. The van der Waals surface area contributed by atoms with Gasteiger partial charge in [0.15, 0.2) is 0 Å². The maximum absolute atomic E-state index is 12.2. The van der Waals surface area contributed by atoms with Crippen LogP contribution in [-0.4, -0.2) is 47.2 Å². The third-order valence-corrected chi connectivity index (χ3v) is 4.77. The van der Waals surface area contributed by atoms with E-state index >= 15 is 0 Å². The summed E-state index contributed by atoms with van der Waals surface area (Å²) in [5.74, 6) is -1.95. The first-order valence-corrected chi connectivity index (χ1v) is 7.28. The number of benzene rings is 1. The number of hydrogen-bond acceptors (Lipinski definition) is 4. The van der Waals surface area contributed by atoms with Gasteiger partial charge in [-0.15, -0.1) is 0 Å². The van der Waals surface area contributed by atoms with E-state index < -0.39 is 24.0 Å². The van der Waals surface area contributed by atoms with Crippen molar-refractivity contribution in [1.82, 2.24) is 4.90 Å². The highest BCUT2D eigenvalue weighted by Gasteiger charge is 2.50. The number of fused-ring (bicyclic) bond motifs is 2. The lowest BCUT2D eigenvalue weighted by Gasteiger charge is -2.40. The van der Waals surface area contributed by atoms with Crippen LogP contribution >= 0.6 is 0 Å². The standard InChI is InChI=1S/C16H19NO4/c1-17-11-7-8-12(17)14(15(18)19)13(9-11)21-16(20)10-5-3-2-4-6-10/h2-6,11-14H,7-9H2,1H3,(H,18,19)/t11?,12?,13-,14?/m1/s1. The SMILES string of the molecule is CN1C2CCC1C(C(=O)O)[C@H](OC(=O)c1ccccc1)C2. The first-order valence-electron chi connectivity index (χ1n) is 7.28. The lowest BCUT2D eigenvalue weighted by Crippen LogP contribution is -2.53. The van der Waals surface area contributed by atoms with Gasteiger partial charge in [-0.1, -0.05) is 18.2 Å². The van der Waals surface area contributed by atoms with Crippen molar-refractivity contribution < 1.29 is 19.4 Å². The minimum absolute atomic E-state index is 0.0326. The normalized spacial score (nSPS) is 31.9. The molecular weight excluding hydrogens is 270 g/mol. The van der Waals surface area contributed by atoms with E-state index in [2.05, 4.69) is 4.90 Å². The van der Waals surface area contributed by atoms with Crippen LogP contribution in [0.15, 0.2) is 30.3 Å². The second-order valence-electron chi connectivity index (χ2n) is 5.87. The Morgan fingerprint density at radius 1 is 1.24 bits per heavy atom. The minimum atomic E-state index is -0.877. The lowest BCUT2D eigenvalue weighted by atomic mass is 9.87. The zero-order chi connectivity index (χ0) is 15.0. The topological polar surface area (TPSA) is 66.8 Å². The van der Waals surface area contributed by atoms with Gasteiger partial charge < -0.3 is 9.84 Å². The number of piperidine rings is 1. The molecule has 4 atom stereocenters. The van der Waals surface area contributed by atoms with E-state index in [0.717, 1.165) is 12.8 Å². The number of carbonyl (C=O) groups is 2. The van der Waals surface area contributed by atoms with E-state index in [1.165, 1.54) is 0 Å². The molecule has 1 aromatic carbocycles. The van der Waals surface area contributed by atoms with Crippen molar-refractivity contribution in [2.45, 2.75) is 37.5 Å². The smallest absolute Gasteiger partial charge is 0.338 e. The summed E-state index contributed by atoms with van der Waals surface area (Å²) in [5, 5.41) is 9.51. The Labute approximate surface area is 123 Å². The third-order valence-electron chi connectivity index (χ3n) is 4.77. The van der Waals surface area contributed by atoms with Crippen LogP contribution in [0.3, 0.4) is 0 Å². The molecule has 2 aliphatic heterocycles. The first-order chi connectivity index (χ1) is 10.1. The highest BCUT2D eigenvalue weighted by molar-refractivity contribution is 5.89. The van der Waals surface area contributed by atoms with Crippen molar-refractivity contribution in [3.63, 3.8) is 0 Å². The van der Waals surface area contributed by atoms with Crippen LogP contribution in [-0.2, 0) is 9.53 Å². The predicted molar refractivity (Wildman–Crippen MR) is 76.0 cm³/mol. The van der Waals surface area contributed by atoms with Crippen LogP contribution in [0.2, 0.25) is 0 Å². The molecule has 3 unspecified atom stereocenters. The van der Waals surface area contributed by atoms with Crippen molar-refractivity contribution >= 4 is 11.9 Å². The molecule has 2 fully saturated rings. The van der Waals surface area contributed by atoms with E-state index in [4.69, 9.17) is 4.74 Å². The Morgan fingerprint density at radius 3 is 2.62 bits per heavy atom. The summed E-state index contributed by atoms with van der Waals surface area (Å²) >= 11 is 0. The Bertz CT molecular complexity index is 544. The second-order valence-corrected chi connectivity index (χ2v) is 5.87. The zero-order valence-corrected chi connectivity index (χ0v) is 11.9. The summed E-state index contributed by atoms with van der Waals surface area (Å²) in [7, 11) is 1.97. The van der Waals surface area contributed by atoms with Crippen LogP contribution in [0, 0.1) is 5.92 Å². The van der Waals surface area contributed by atoms with E-state index in [-0.39, 0.29) is 6.04 Å². The van der Waals surface area contributed by atoms with E-state index in [1.807, 2.05) is 13.1 Å². The van der Waals surface area contributed by atoms with Gasteiger partial charge in [-0.05, 0) is 32.0 Å². The molecule has 112 valence electrons. The highest BCUT2D eigenvalue weighted by Crippen LogP contribution is 2.39. The van der Waals surface area contributed by atoms with E-state index in [1.54, 1.807) is 24.3 Å². The van der Waals surface area contributed by atoms with Crippen LogP contribution in [0.5, 0.6) is 0 Å². The summed E-state index contributed by atoms with van der Waals surface area (Å²) < 4.78 is 5.53. The van der Waals surface area contributed by atoms with Crippen molar-refractivity contribution in [2.75, 3.05) is 7.05 Å². The largest absolute Gasteiger partial charge is 0.481 e. The molecule has 1 aromatic rings. The molecule has 5 heteroatoms. The molecule has 0 spiro atoms.